The minimum atomic E-state index is -0.197. The molecule has 0 unspecified atom stereocenters. The molecular formula is C9H13BrFN3. The van der Waals surface area contributed by atoms with Gasteiger partial charge in [-0.15, -0.1) is 0 Å². The summed E-state index contributed by atoms with van der Waals surface area (Å²) in [5, 5.41) is 0. The molecule has 0 radical (unpaired) electrons. The normalized spacial score (nSPS) is 10.9. The molecule has 1 rings (SSSR count). The molecule has 14 heavy (non-hydrogen) atoms. The third-order valence-electron chi connectivity index (χ3n) is 1.81. The molecule has 0 bridgehead atoms. The van der Waals surface area contributed by atoms with Crippen molar-refractivity contribution in [2.24, 2.45) is 5.84 Å². The average molecular weight is 262 g/mol. The van der Waals surface area contributed by atoms with Gasteiger partial charge in [-0.3, -0.25) is 10.7 Å². The minimum Gasteiger partial charge on any atom is -0.288 e. The molecule has 0 fully saturated rings. The average Bonchev–Trinajstić information content (AvgIpc) is 2.12. The Bertz CT molecular complexity index is 306. The molecule has 1 aromatic rings. The number of nitrogens with one attached hydrogen (secondary N) is 1. The lowest BCUT2D eigenvalue weighted by Crippen LogP contribution is -2.35. The lowest BCUT2D eigenvalue weighted by Gasteiger charge is -2.16. The van der Waals surface area contributed by atoms with Crippen LogP contribution in [0.25, 0.3) is 0 Å². The highest BCUT2D eigenvalue weighted by atomic mass is 79.9. The topological polar surface area (TPSA) is 41.3 Å². The number of hydrazine groups is 1. The fourth-order valence-corrected chi connectivity index (χ4v) is 1.58. The molecule has 0 aliphatic rings. The largest absolute Gasteiger partial charge is 0.288 e. The Balaban J connectivity index is 2.70. The van der Waals surface area contributed by atoms with Crippen LogP contribution in [-0.4, -0.2) is 18.6 Å². The molecule has 3 nitrogen and oxygen atoms in total. The summed E-state index contributed by atoms with van der Waals surface area (Å²) in [6.07, 6.45) is 0. The van der Waals surface area contributed by atoms with E-state index in [2.05, 4.69) is 21.4 Å². The maximum atomic E-state index is 13.3. The summed E-state index contributed by atoms with van der Waals surface area (Å²) in [4.78, 5) is 1.88. The van der Waals surface area contributed by atoms with Gasteiger partial charge in [-0.25, -0.2) is 9.82 Å². The molecule has 0 aliphatic heterocycles. The fraction of sp³-hybridized carbons (Fsp3) is 0.333. The molecule has 5 heteroatoms. The van der Waals surface area contributed by atoms with E-state index in [4.69, 9.17) is 5.84 Å². The maximum absolute atomic E-state index is 13.3. The molecule has 0 spiro atoms. The molecule has 3 N–H and O–H groups in total. The summed E-state index contributed by atoms with van der Waals surface area (Å²) in [6.45, 7) is 1.04. The van der Waals surface area contributed by atoms with Crippen LogP contribution >= 0.6 is 15.9 Å². The first-order valence-electron chi connectivity index (χ1n) is 4.19. The molecule has 0 amide bonds. The SMILES string of the molecule is CN(CNN)Cc1cc(Br)ccc1F. The summed E-state index contributed by atoms with van der Waals surface area (Å²) in [7, 11) is 1.86. The molecule has 0 heterocycles. The van der Waals surface area contributed by atoms with Gasteiger partial charge in [0.25, 0.3) is 0 Å². The van der Waals surface area contributed by atoms with Crippen LogP contribution in [0.15, 0.2) is 22.7 Å². The van der Waals surface area contributed by atoms with E-state index < -0.39 is 0 Å². The van der Waals surface area contributed by atoms with E-state index in [9.17, 15) is 4.39 Å². The van der Waals surface area contributed by atoms with Crippen LogP contribution in [0.3, 0.4) is 0 Å². The van der Waals surface area contributed by atoms with Gasteiger partial charge in [-0.1, -0.05) is 15.9 Å². The van der Waals surface area contributed by atoms with E-state index in [1.807, 2.05) is 11.9 Å². The number of hydrogen-bond acceptors (Lipinski definition) is 3. The van der Waals surface area contributed by atoms with Crippen LogP contribution in [0.2, 0.25) is 0 Å². The fourth-order valence-electron chi connectivity index (χ4n) is 1.17. The van der Waals surface area contributed by atoms with Gasteiger partial charge >= 0.3 is 0 Å². The Hall–Kier alpha value is -0.490. The maximum Gasteiger partial charge on any atom is 0.127 e. The molecule has 0 saturated heterocycles. The lowest BCUT2D eigenvalue weighted by atomic mass is 10.2. The zero-order chi connectivity index (χ0) is 10.6. The predicted molar refractivity (Wildman–Crippen MR) is 57.8 cm³/mol. The van der Waals surface area contributed by atoms with E-state index in [1.54, 1.807) is 12.1 Å². The third kappa shape index (κ3) is 3.34. The molecule has 0 atom stereocenters. The molecule has 0 aliphatic carbocycles. The standard InChI is InChI=1S/C9H13BrFN3/c1-14(6-13-12)5-7-4-8(10)2-3-9(7)11/h2-4,13H,5-6,12H2,1H3. The van der Waals surface area contributed by atoms with Crippen molar-refractivity contribution in [3.05, 3.63) is 34.1 Å². The molecule has 0 saturated carbocycles. The molecular weight excluding hydrogens is 249 g/mol. The summed E-state index contributed by atoms with van der Waals surface area (Å²) in [5.41, 5.74) is 3.16. The van der Waals surface area contributed by atoms with Gasteiger partial charge in [0.15, 0.2) is 0 Å². The van der Waals surface area contributed by atoms with Crippen molar-refractivity contribution < 1.29 is 4.39 Å². The first-order valence-corrected chi connectivity index (χ1v) is 4.98. The van der Waals surface area contributed by atoms with Crippen LogP contribution in [-0.2, 0) is 6.54 Å². The Labute approximate surface area is 91.2 Å². The van der Waals surface area contributed by atoms with Gasteiger partial charge in [0.2, 0.25) is 0 Å². The van der Waals surface area contributed by atoms with E-state index in [-0.39, 0.29) is 5.82 Å². The first-order chi connectivity index (χ1) is 6.63. The Morgan fingerprint density at radius 1 is 1.57 bits per heavy atom. The quantitative estimate of drug-likeness (QED) is 0.490. The van der Waals surface area contributed by atoms with Crippen molar-refractivity contribution in [3.63, 3.8) is 0 Å². The first kappa shape index (κ1) is 11.6. The lowest BCUT2D eigenvalue weighted by molar-refractivity contribution is 0.297. The van der Waals surface area contributed by atoms with Gasteiger partial charge in [-0.05, 0) is 25.2 Å². The van der Waals surface area contributed by atoms with E-state index in [0.29, 0.717) is 18.8 Å². The van der Waals surface area contributed by atoms with Crippen LogP contribution in [0.1, 0.15) is 5.56 Å². The van der Waals surface area contributed by atoms with Gasteiger partial charge in [0.05, 0.1) is 6.67 Å². The molecule has 1 aromatic carbocycles. The second-order valence-corrected chi connectivity index (χ2v) is 4.03. The summed E-state index contributed by atoms with van der Waals surface area (Å²) in [5.74, 6) is 4.96. The zero-order valence-corrected chi connectivity index (χ0v) is 9.51. The number of hydrogen-bond donors (Lipinski definition) is 2. The third-order valence-corrected chi connectivity index (χ3v) is 2.30. The molecule has 0 aromatic heterocycles. The summed E-state index contributed by atoms with van der Waals surface area (Å²) >= 11 is 3.30. The summed E-state index contributed by atoms with van der Waals surface area (Å²) in [6, 6.07) is 4.89. The Kier molecular flexibility index (Phi) is 4.47. The highest BCUT2D eigenvalue weighted by Gasteiger charge is 2.05. The Morgan fingerprint density at radius 3 is 2.93 bits per heavy atom. The monoisotopic (exact) mass is 261 g/mol. The number of rotatable bonds is 4. The van der Waals surface area contributed by atoms with Crippen LogP contribution < -0.4 is 11.3 Å². The number of halogens is 2. The summed E-state index contributed by atoms with van der Waals surface area (Å²) < 4.78 is 14.1. The van der Waals surface area contributed by atoms with Gasteiger partial charge < -0.3 is 0 Å². The minimum absolute atomic E-state index is 0.197. The smallest absolute Gasteiger partial charge is 0.127 e. The predicted octanol–water partition coefficient (Wildman–Crippen LogP) is 1.44. The van der Waals surface area contributed by atoms with Crippen LogP contribution in [0.4, 0.5) is 4.39 Å². The zero-order valence-electron chi connectivity index (χ0n) is 7.93. The second-order valence-electron chi connectivity index (χ2n) is 3.11. The van der Waals surface area contributed by atoms with Gasteiger partial charge in [-0.2, -0.15) is 0 Å². The van der Waals surface area contributed by atoms with E-state index >= 15 is 0 Å². The van der Waals surface area contributed by atoms with Crippen molar-refractivity contribution >= 4 is 15.9 Å². The number of nitrogens with two attached hydrogens (primary N) is 1. The van der Waals surface area contributed by atoms with E-state index in [1.165, 1.54) is 6.07 Å². The van der Waals surface area contributed by atoms with Crippen molar-refractivity contribution in [2.45, 2.75) is 6.54 Å². The van der Waals surface area contributed by atoms with Crippen LogP contribution in [0, 0.1) is 5.82 Å². The van der Waals surface area contributed by atoms with Crippen molar-refractivity contribution in [1.82, 2.24) is 10.3 Å². The highest BCUT2D eigenvalue weighted by molar-refractivity contribution is 9.10. The second kappa shape index (κ2) is 5.41. The molecule has 78 valence electrons. The number of benzene rings is 1. The van der Waals surface area contributed by atoms with Crippen molar-refractivity contribution in [3.8, 4) is 0 Å². The van der Waals surface area contributed by atoms with Crippen molar-refractivity contribution in [1.29, 1.82) is 0 Å². The van der Waals surface area contributed by atoms with Gasteiger partial charge in [0, 0.05) is 16.6 Å². The highest BCUT2D eigenvalue weighted by Crippen LogP contribution is 2.16. The van der Waals surface area contributed by atoms with Crippen LogP contribution in [0.5, 0.6) is 0 Å². The van der Waals surface area contributed by atoms with Crippen molar-refractivity contribution in [2.75, 3.05) is 13.7 Å². The number of nitrogens with zero attached hydrogens (tertiary/aromatic N) is 1. The van der Waals surface area contributed by atoms with E-state index in [0.717, 1.165) is 4.47 Å². The van der Waals surface area contributed by atoms with Gasteiger partial charge in [0.1, 0.15) is 5.82 Å². The Morgan fingerprint density at radius 2 is 2.29 bits per heavy atom.